The second-order valence-electron chi connectivity index (χ2n) is 7.36. The Morgan fingerprint density at radius 1 is 1.10 bits per heavy atom. The van der Waals surface area contributed by atoms with Crippen LogP contribution in [0.4, 0.5) is 4.39 Å². The van der Waals surface area contributed by atoms with Crippen LogP contribution in [-0.2, 0) is 19.1 Å². The Balaban J connectivity index is 1.80. The van der Waals surface area contributed by atoms with Gasteiger partial charge in [0.2, 0.25) is 5.88 Å². The Morgan fingerprint density at radius 2 is 1.80 bits per heavy atom. The van der Waals surface area contributed by atoms with Crippen molar-refractivity contribution in [2.75, 3.05) is 6.61 Å². The third kappa shape index (κ3) is 3.61. The first-order valence-electron chi connectivity index (χ1n) is 9.90. The molecule has 0 amide bonds. The SMILES string of the molecule is CCOC(=O)C1=C(N)OC2=C(C(=O)CC(c3ccccc3)C2)C1c1ccc(F)cc1. The lowest BCUT2D eigenvalue weighted by Gasteiger charge is -2.35. The van der Waals surface area contributed by atoms with E-state index < -0.39 is 17.7 Å². The molecule has 0 radical (unpaired) electrons. The van der Waals surface area contributed by atoms with Crippen molar-refractivity contribution < 1.29 is 23.5 Å². The van der Waals surface area contributed by atoms with Gasteiger partial charge in [0, 0.05) is 18.4 Å². The lowest BCUT2D eigenvalue weighted by molar-refractivity contribution is -0.139. The average Bonchev–Trinajstić information content (AvgIpc) is 2.74. The number of benzene rings is 2. The van der Waals surface area contributed by atoms with Crippen LogP contribution in [0.1, 0.15) is 42.7 Å². The molecule has 0 aromatic heterocycles. The van der Waals surface area contributed by atoms with Crippen molar-refractivity contribution in [3.8, 4) is 0 Å². The summed E-state index contributed by atoms with van der Waals surface area (Å²) in [6, 6.07) is 15.4. The molecule has 1 aliphatic carbocycles. The highest BCUT2D eigenvalue weighted by atomic mass is 19.1. The number of carbonyl (C=O) groups excluding carboxylic acids is 2. The number of hydrogen-bond donors (Lipinski definition) is 1. The van der Waals surface area contributed by atoms with Gasteiger partial charge < -0.3 is 15.2 Å². The van der Waals surface area contributed by atoms with Crippen molar-refractivity contribution in [3.63, 3.8) is 0 Å². The van der Waals surface area contributed by atoms with Crippen LogP contribution < -0.4 is 5.73 Å². The first-order chi connectivity index (χ1) is 14.5. The highest BCUT2D eigenvalue weighted by molar-refractivity contribution is 6.03. The van der Waals surface area contributed by atoms with E-state index in [0.29, 0.717) is 29.7 Å². The van der Waals surface area contributed by atoms with Gasteiger partial charge >= 0.3 is 5.97 Å². The number of rotatable bonds is 4. The van der Waals surface area contributed by atoms with Gasteiger partial charge in [0.1, 0.15) is 17.1 Å². The van der Waals surface area contributed by atoms with Gasteiger partial charge in [0.15, 0.2) is 5.78 Å². The van der Waals surface area contributed by atoms with E-state index in [1.807, 2.05) is 30.3 Å². The Bertz CT molecular complexity index is 1040. The third-order valence-corrected chi connectivity index (χ3v) is 5.51. The number of Topliss-reactive ketones (excluding diaryl/α,β-unsaturated/α-hetero) is 1. The summed E-state index contributed by atoms with van der Waals surface area (Å²) >= 11 is 0. The average molecular weight is 407 g/mol. The maximum absolute atomic E-state index is 13.5. The maximum atomic E-state index is 13.5. The van der Waals surface area contributed by atoms with Gasteiger partial charge in [-0.2, -0.15) is 0 Å². The van der Waals surface area contributed by atoms with Gasteiger partial charge in [-0.1, -0.05) is 42.5 Å². The van der Waals surface area contributed by atoms with Crippen LogP contribution in [-0.4, -0.2) is 18.4 Å². The predicted molar refractivity (Wildman–Crippen MR) is 109 cm³/mol. The Labute approximate surface area is 174 Å². The minimum atomic E-state index is -0.752. The highest BCUT2D eigenvalue weighted by Crippen LogP contribution is 2.47. The number of carbonyl (C=O) groups is 2. The molecule has 1 aliphatic heterocycles. The van der Waals surface area contributed by atoms with Crippen LogP contribution in [0.2, 0.25) is 0 Å². The zero-order valence-electron chi connectivity index (χ0n) is 16.6. The molecule has 2 N–H and O–H groups in total. The number of ketones is 1. The molecule has 2 atom stereocenters. The zero-order chi connectivity index (χ0) is 21.3. The van der Waals surface area contributed by atoms with Gasteiger partial charge in [-0.25, -0.2) is 9.18 Å². The fourth-order valence-electron chi connectivity index (χ4n) is 4.16. The molecule has 0 saturated heterocycles. The third-order valence-electron chi connectivity index (χ3n) is 5.51. The van der Waals surface area contributed by atoms with E-state index in [1.54, 1.807) is 19.1 Å². The summed E-state index contributed by atoms with van der Waals surface area (Å²) in [7, 11) is 0. The largest absolute Gasteiger partial charge is 0.462 e. The predicted octanol–water partition coefficient (Wildman–Crippen LogP) is 4.07. The minimum Gasteiger partial charge on any atom is -0.462 e. The Hall–Kier alpha value is -3.41. The Morgan fingerprint density at radius 3 is 2.47 bits per heavy atom. The molecule has 0 fully saturated rings. The van der Waals surface area contributed by atoms with Gasteiger partial charge in [-0.15, -0.1) is 0 Å². The van der Waals surface area contributed by atoms with E-state index >= 15 is 0 Å². The van der Waals surface area contributed by atoms with Crippen LogP contribution in [0, 0.1) is 5.82 Å². The lowest BCUT2D eigenvalue weighted by atomic mass is 9.73. The van der Waals surface area contributed by atoms with Gasteiger partial charge in [-0.3, -0.25) is 4.79 Å². The molecule has 2 aromatic carbocycles. The molecule has 1 heterocycles. The number of halogens is 1. The molecular formula is C24H22FNO4. The second-order valence-corrected chi connectivity index (χ2v) is 7.36. The quantitative estimate of drug-likeness (QED) is 0.773. The number of esters is 1. The molecule has 154 valence electrons. The standard InChI is InChI=1S/C24H22FNO4/c1-2-29-24(28)22-20(15-8-10-17(25)11-9-15)21-18(27)12-16(13-19(21)30-23(22)26)14-6-4-3-5-7-14/h3-11,16,20H,2,12-13,26H2,1H3. The molecule has 0 spiro atoms. The topological polar surface area (TPSA) is 78.6 Å². The molecule has 2 aliphatic rings. The molecule has 2 unspecified atom stereocenters. The zero-order valence-corrected chi connectivity index (χ0v) is 16.6. The molecule has 0 bridgehead atoms. The van der Waals surface area contributed by atoms with E-state index in [9.17, 15) is 14.0 Å². The monoisotopic (exact) mass is 407 g/mol. The first kappa shape index (κ1) is 19.9. The van der Waals surface area contributed by atoms with Gasteiger partial charge in [-0.05, 0) is 36.1 Å². The normalized spacial score (nSPS) is 21.2. The number of nitrogens with two attached hydrogens (primary N) is 1. The molecule has 2 aromatic rings. The maximum Gasteiger partial charge on any atom is 0.340 e. The van der Waals surface area contributed by atoms with E-state index in [4.69, 9.17) is 15.2 Å². The fraction of sp³-hybridized carbons (Fsp3) is 0.250. The lowest BCUT2D eigenvalue weighted by Crippen LogP contribution is -2.33. The number of hydrogen-bond acceptors (Lipinski definition) is 5. The summed E-state index contributed by atoms with van der Waals surface area (Å²) in [6.07, 6.45) is 0.777. The van der Waals surface area contributed by atoms with E-state index in [-0.39, 0.29) is 29.8 Å². The summed E-state index contributed by atoms with van der Waals surface area (Å²) in [5, 5.41) is 0. The number of allylic oxidation sites excluding steroid dienone is 2. The van der Waals surface area contributed by atoms with Gasteiger partial charge in [0.25, 0.3) is 0 Å². The van der Waals surface area contributed by atoms with E-state index in [1.165, 1.54) is 12.1 Å². The summed E-state index contributed by atoms with van der Waals surface area (Å²) in [4.78, 5) is 25.9. The van der Waals surface area contributed by atoms with Crippen molar-refractivity contribution in [1.82, 2.24) is 0 Å². The molecular weight excluding hydrogens is 385 g/mol. The van der Waals surface area contributed by atoms with Crippen molar-refractivity contribution in [3.05, 3.63) is 94.3 Å². The molecule has 5 nitrogen and oxygen atoms in total. The molecule has 0 saturated carbocycles. The van der Waals surface area contributed by atoms with Crippen molar-refractivity contribution in [1.29, 1.82) is 0 Å². The first-order valence-corrected chi connectivity index (χ1v) is 9.90. The van der Waals surface area contributed by atoms with Crippen LogP contribution in [0.15, 0.2) is 77.4 Å². The second kappa shape index (κ2) is 8.14. The molecule has 6 heteroatoms. The van der Waals surface area contributed by atoms with Crippen LogP contribution >= 0.6 is 0 Å². The van der Waals surface area contributed by atoms with E-state index in [2.05, 4.69) is 0 Å². The minimum absolute atomic E-state index is 0.0386. The van der Waals surface area contributed by atoms with Crippen molar-refractivity contribution in [2.24, 2.45) is 5.73 Å². The summed E-state index contributed by atoms with van der Waals surface area (Å²) in [5.41, 5.74) is 8.24. The Kier molecular flexibility index (Phi) is 5.40. The summed E-state index contributed by atoms with van der Waals surface area (Å²) in [5.74, 6) is -1.58. The molecule has 30 heavy (non-hydrogen) atoms. The van der Waals surface area contributed by atoms with Crippen molar-refractivity contribution in [2.45, 2.75) is 31.6 Å². The molecule has 4 rings (SSSR count). The highest BCUT2D eigenvalue weighted by Gasteiger charge is 2.43. The summed E-state index contributed by atoms with van der Waals surface area (Å²) in [6.45, 7) is 1.84. The fourth-order valence-corrected chi connectivity index (χ4v) is 4.16. The smallest absolute Gasteiger partial charge is 0.340 e. The van der Waals surface area contributed by atoms with Crippen LogP contribution in [0.5, 0.6) is 0 Å². The van der Waals surface area contributed by atoms with Crippen LogP contribution in [0.3, 0.4) is 0 Å². The number of ether oxygens (including phenoxy) is 2. The van der Waals surface area contributed by atoms with E-state index in [0.717, 1.165) is 5.56 Å². The van der Waals surface area contributed by atoms with Crippen LogP contribution in [0.25, 0.3) is 0 Å². The summed E-state index contributed by atoms with van der Waals surface area (Å²) < 4.78 is 24.5. The van der Waals surface area contributed by atoms with Gasteiger partial charge in [0.05, 0.1) is 12.5 Å². The van der Waals surface area contributed by atoms with Crippen molar-refractivity contribution >= 4 is 11.8 Å².